The number of nitrogens with zero attached hydrogens (tertiary/aromatic N) is 5. The first kappa shape index (κ1) is 12.8. The molecule has 3 aromatic rings. The van der Waals surface area contributed by atoms with E-state index in [0.717, 1.165) is 23.3 Å². The summed E-state index contributed by atoms with van der Waals surface area (Å²) in [6.07, 6.45) is 1.71. The van der Waals surface area contributed by atoms with Crippen LogP contribution in [0.1, 0.15) is 12.7 Å². The molecule has 0 radical (unpaired) electrons. The van der Waals surface area contributed by atoms with Crippen molar-refractivity contribution in [2.75, 3.05) is 5.32 Å². The Hall–Kier alpha value is -2.21. The van der Waals surface area contributed by atoms with Gasteiger partial charge < -0.3 is 9.88 Å². The van der Waals surface area contributed by atoms with Crippen molar-refractivity contribution in [1.82, 2.24) is 24.7 Å². The molecular weight excluding hydrogens is 276 g/mol. The van der Waals surface area contributed by atoms with Crippen molar-refractivity contribution in [3.63, 3.8) is 0 Å². The molecule has 2 aromatic heterocycles. The predicted molar refractivity (Wildman–Crippen MR) is 77.6 cm³/mol. The Morgan fingerprint density at radius 3 is 2.95 bits per heavy atom. The summed E-state index contributed by atoms with van der Waals surface area (Å²) >= 11 is 5.95. The fraction of sp³-hybridized carbons (Fsp3) is 0.231. The molecule has 1 aromatic carbocycles. The summed E-state index contributed by atoms with van der Waals surface area (Å²) in [4.78, 5) is 8.44. The topological polar surface area (TPSA) is 68.5 Å². The van der Waals surface area contributed by atoms with E-state index in [4.69, 9.17) is 11.6 Å². The second kappa shape index (κ2) is 5.42. The number of halogens is 1. The summed E-state index contributed by atoms with van der Waals surface area (Å²) in [5.41, 5.74) is 0.812. The lowest BCUT2D eigenvalue weighted by Crippen LogP contribution is -2.09. The molecule has 0 aliphatic heterocycles. The summed E-state index contributed by atoms with van der Waals surface area (Å²) < 4.78 is 1.97. The van der Waals surface area contributed by atoms with E-state index >= 15 is 0 Å². The Kier molecular flexibility index (Phi) is 3.47. The Morgan fingerprint density at radius 1 is 1.25 bits per heavy atom. The molecule has 2 heterocycles. The lowest BCUT2D eigenvalue weighted by molar-refractivity contribution is 0.707. The van der Waals surface area contributed by atoms with Gasteiger partial charge in [-0.3, -0.25) is 0 Å². The molecule has 0 amide bonds. The number of hydrogen-bond acceptors (Lipinski definition) is 5. The summed E-state index contributed by atoms with van der Waals surface area (Å²) in [5, 5.41) is 12.4. The molecule has 0 aliphatic carbocycles. The van der Waals surface area contributed by atoms with E-state index in [-0.39, 0.29) is 5.28 Å². The molecule has 3 rings (SSSR count). The van der Waals surface area contributed by atoms with Crippen molar-refractivity contribution in [2.45, 2.75) is 20.0 Å². The first-order chi connectivity index (χ1) is 9.78. The summed E-state index contributed by atoms with van der Waals surface area (Å²) in [7, 11) is 0. The molecule has 0 aliphatic rings. The second-order valence-electron chi connectivity index (χ2n) is 4.25. The largest absolute Gasteiger partial charge is 0.362 e. The second-order valence-corrected chi connectivity index (χ2v) is 4.58. The molecule has 0 atom stereocenters. The fourth-order valence-electron chi connectivity index (χ4n) is 2.03. The maximum atomic E-state index is 5.95. The number of anilines is 1. The van der Waals surface area contributed by atoms with Gasteiger partial charge in [-0.2, -0.15) is 0 Å². The average Bonchev–Trinajstić information content (AvgIpc) is 2.92. The Bertz CT molecular complexity index is 739. The van der Waals surface area contributed by atoms with Crippen LogP contribution in [0.25, 0.3) is 10.9 Å². The third kappa shape index (κ3) is 2.42. The third-order valence-electron chi connectivity index (χ3n) is 3.03. The number of benzene rings is 1. The number of hydrogen-bond donors (Lipinski definition) is 1. The molecule has 6 nitrogen and oxygen atoms in total. The van der Waals surface area contributed by atoms with E-state index in [1.165, 1.54) is 0 Å². The zero-order valence-corrected chi connectivity index (χ0v) is 11.7. The minimum Gasteiger partial charge on any atom is -0.362 e. The number of nitrogens with one attached hydrogen (secondary N) is 1. The van der Waals surface area contributed by atoms with Gasteiger partial charge in [0.05, 0.1) is 12.1 Å². The van der Waals surface area contributed by atoms with Crippen LogP contribution in [0, 0.1) is 0 Å². The van der Waals surface area contributed by atoms with Gasteiger partial charge in [-0.1, -0.05) is 12.1 Å². The molecule has 102 valence electrons. The van der Waals surface area contributed by atoms with Gasteiger partial charge in [0.2, 0.25) is 5.28 Å². The summed E-state index contributed by atoms with van der Waals surface area (Å²) in [6, 6.07) is 7.73. The van der Waals surface area contributed by atoms with E-state index in [1.807, 2.05) is 35.8 Å². The van der Waals surface area contributed by atoms with E-state index in [0.29, 0.717) is 12.4 Å². The highest BCUT2D eigenvalue weighted by Gasteiger charge is 2.08. The number of fused-ring (bicyclic) bond motifs is 1. The van der Waals surface area contributed by atoms with Crippen molar-refractivity contribution < 1.29 is 0 Å². The molecule has 0 saturated heterocycles. The molecule has 0 bridgehead atoms. The van der Waals surface area contributed by atoms with Crippen molar-refractivity contribution in [1.29, 1.82) is 0 Å². The van der Waals surface area contributed by atoms with E-state index in [2.05, 4.69) is 25.5 Å². The molecule has 20 heavy (non-hydrogen) atoms. The van der Waals surface area contributed by atoms with E-state index in [1.54, 1.807) is 6.33 Å². The lowest BCUT2D eigenvalue weighted by atomic mass is 10.2. The molecule has 0 unspecified atom stereocenters. The van der Waals surface area contributed by atoms with Crippen molar-refractivity contribution in [3.05, 3.63) is 41.7 Å². The lowest BCUT2D eigenvalue weighted by Gasteiger charge is -2.09. The number of aryl methyl sites for hydroxylation is 1. The van der Waals surface area contributed by atoms with Gasteiger partial charge in [0.15, 0.2) is 5.82 Å². The van der Waals surface area contributed by atoms with Gasteiger partial charge in [0.1, 0.15) is 12.1 Å². The maximum absolute atomic E-state index is 5.95. The van der Waals surface area contributed by atoms with Crippen LogP contribution in [0.4, 0.5) is 5.82 Å². The highest BCUT2D eigenvalue weighted by molar-refractivity contribution is 6.28. The first-order valence-corrected chi connectivity index (χ1v) is 6.68. The van der Waals surface area contributed by atoms with Crippen molar-refractivity contribution >= 4 is 28.3 Å². The van der Waals surface area contributed by atoms with Crippen LogP contribution >= 0.6 is 11.6 Å². The average molecular weight is 289 g/mol. The van der Waals surface area contributed by atoms with Gasteiger partial charge in [-0.15, -0.1) is 10.2 Å². The van der Waals surface area contributed by atoms with Crippen LogP contribution in [0.3, 0.4) is 0 Å². The van der Waals surface area contributed by atoms with Crippen molar-refractivity contribution in [2.24, 2.45) is 0 Å². The van der Waals surface area contributed by atoms with Crippen LogP contribution in [-0.4, -0.2) is 24.7 Å². The Labute approximate surface area is 120 Å². The summed E-state index contributed by atoms with van der Waals surface area (Å²) in [5.74, 6) is 1.55. The molecule has 0 spiro atoms. The smallest absolute Gasteiger partial charge is 0.224 e. The predicted octanol–water partition coefficient (Wildman–Crippen LogP) is 2.51. The minimum absolute atomic E-state index is 0.225. The highest BCUT2D eigenvalue weighted by atomic mass is 35.5. The summed E-state index contributed by atoms with van der Waals surface area (Å²) in [6.45, 7) is 3.41. The number of aromatic nitrogens is 5. The molecule has 1 N–H and O–H groups in total. The van der Waals surface area contributed by atoms with Gasteiger partial charge in [-0.25, -0.2) is 9.97 Å². The van der Waals surface area contributed by atoms with Crippen molar-refractivity contribution in [3.8, 4) is 0 Å². The molecular formula is C13H13ClN6. The molecule has 0 saturated carbocycles. The minimum atomic E-state index is 0.225. The Balaban J connectivity index is 1.91. The van der Waals surface area contributed by atoms with Gasteiger partial charge >= 0.3 is 0 Å². The van der Waals surface area contributed by atoms with E-state index < -0.39 is 0 Å². The normalized spacial score (nSPS) is 10.9. The zero-order chi connectivity index (χ0) is 13.9. The van der Waals surface area contributed by atoms with Crippen LogP contribution in [0.15, 0.2) is 30.6 Å². The van der Waals surface area contributed by atoms with Crippen LogP contribution in [0.2, 0.25) is 5.28 Å². The van der Waals surface area contributed by atoms with Crippen LogP contribution in [-0.2, 0) is 13.1 Å². The standard InChI is InChI=1S/C13H13ClN6/c1-2-20-8-16-19-11(20)7-15-12-9-5-3-4-6-10(9)17-13(14)18-12/h3-6,8H,2,7H2,1H3,(H,15,17,18). The Morgan fingerprint density at radius 2 is 2.10 bits per heavy atom. The SMILES string of the molecule is CCn1cnnc1CNc1nc(Cl)nc2ccccc12. The number of para-hydroxylation sites is 1. The highest BCUT2D eigenvalue weighted by Crippen LogP contribution is 2.22. The van der Waals surface area contributed by atoms with Gasteiger partial charge in [0.25, 0.3) is 0 Å². The monoisotopic (exact) mass is 288 g/mol. The quantitative estimate of drug-likeness (QED) is 0.747. The third-order valence-corrected chi connectivity index (χ3v) is 3.20. The number of rotatable bonds is 4. The van der Waals surface area contributed by atoms with E-state index in [9.17, 15) is 0 Å². The zero-order valence-electron chi connectivity index (χ0n) is 10.9. The van der Waals surface area contributed by atoms with Gasteiger partial charge in [-0.05, 0) is 30.7 Å². The molecule has 7 heteroatoms. The van der Waals surface area contributed by atoms with Gasteiger partial charge in [0, 0.05) is 11.9 Å². The van der Waals surface area contributed by atoms with Crippen LogP contribution < -0.4 is 5.32 Å². The first-order valence-electron chi connectivity index (χ1n) is 6.30. The molecule has 0 fully saturated rings. The van der Waals surface area contributed by atoms with Crippen LogP contribution in [0.5, 0.6) is 0 Å². The maximum Gasteiger partial charge on any atom is 0.224 e. The fourth-order valence-corrected chi connectivity index (χ4v) is 2.20.